The lowest BCUT2D eigenvalue weighted by Gasteiger charge is -2.23. The number of thioether (sulfide) groups is 1. The Bertz CT molecular complexity index is 484. The van der Waals surface area contributed by atoms with E-state index < -0.39 is 0 Å². The fourth-order valence-corrected chi connectivity index (χ4v) is 2.86. The number of aliphatic imine (C=N–C) groups is 1. The zero-order chi connectivity index (χ0) is 13.8. The minimum Gasteiger partial charge on any atom is -0.335 e. The number of rotatable bonds is 2. The average Bonchev–Trinajstić information content (AvgIpc) is 2.36. The SMILES string of the molecule is CC(=O)Nc1ccc(NC2=NC(C)C(C)CS2)cc1. The molecule has 5 heteroatoms. The van der Waals surface area contributed by atoms with E-state index in [0.717, 1.165) is 22.3 Å². The molecule has 1 aromatic carbocycles. The van der Waals surface area contributed by atoms with Gasteiger partial charge in [0.15, 0.2) is 5.17 Å². The highest BCUT2D eigenvalue weighted by Gasteiger charge is 2.19. The molecule has 1 heterocycles. The van der Waals surface area contributed by atoms with Crippen LogP contribution in [-0.4, -0.2) is 22.9 Å². The van der Waals surface area contributed by atoms with Gasteiger partial charge >= 0.3 is 0 Å². The van der Waals surface area contributed by atoms with E-state index in [-0.39, 0.29) is 5.91 Å². The Labute approximate surface area is 118 Å². The van der Waals surface area contributed by atoms with E-state index in [1.807, 2.05) is 24.3 Å². The molecule has 2 N–H and O–H groups in total. The van der Waals surface area contributed by atoms with Crippen LogP contribution in [-0.2, 0) is 4.79 Å². The lowest BCUT2D eigenvalue weighted by Crippen LogP contribution is -2.25. The number of anilines is 2. The van der Waals surface area contributed by atoms with Crippen molar-refractivity contribution in [1.82, 2.24) is 0 Å². The number of amidine groups is 1. The van der Waals surface area contributed by atoms with E-state index in [1.165, 1.54) is 6.92 Å². The van der Waals surface area contributed by atoms with Crippen molar-refractivity contribution < 1.29 is 4.79 Å². The first-order valence-electron chi connectivity index (χ1n) is 6.40. The lowest BCUT2D eigenvalue weighted by molar-refractivity contribution is -0.114. The van der Waals surface area contributed by atoms with E-state index >= 15 is 0 Å². The summed E-state index contributed by atoms with van der Waals surface area (Å²) in [5, 5.41) is 7.03. The Balaban J connectivity index is 2.00. The van der Waals surface area contributed by atoms with Gasteiger partial charge in [-0.3, -0.25) is 9.79 Å². The minimum atomic E-state index is -0.0595. The Morgan fingerprint density at radius 1 is 1.26 bits per heavy atom. The molecule has 0 aliphatic carbocycles. The van der Waals surface area contributed by atoms with Crippen LogP contribution in [0.2, 0.25) is 0 Å². The molecule has 1 aromatic rings. The normalized spacial score (nSPS) is 22.6. The van der Waals surface area contributed by atoms with Gasteiger partial charge in [-0.05, 0) is 37.1 Å². The number of nitrogens with zero attached hydrogens (tertiary/aromatic N) is 1. The summed E-state index contributed by atoms with van der Waals surface area (Å²) in [4.78, 5) is 15.6. The van der Waals surface area contributed by atoms with E-state index in [2.05, 4.69) is 29.5 Å². The number of benzene rings is 1. The quantitative estimate of drug-likeness (QED) is 0.873. The number of carbonyl (C=O) groups is 1. The minimum absolute atomic E-state index is 0.0595. The summed E-state index contributed by atoms with van der Waals surface area (Å²) in [5.41, 5.74) is 1.79. The standard InChI is InChI=1S/C14H19N3OS/c1-9-8-19-14(15-10(9)2)17-13-6-4-12(5-7-13)16-11(3)18/h4-7,9-10H,8H2,1-3H3,(H,15,17)(H,16,18). The molecular weight excluding hydrogens is 258 g/mol. The summed E-state index contributed by atoms with van der Waals surface area (Å²) in [6.07, 6.45) is 0. The van der Waals surface area contributed by atoms with Crippen LogP contribution in [0.5, 0.6) is 0 Å². The Morgan fingerprint density at radius 3 is 2.47 bits per heavy atom. The van der Waals surface area contributed by atoms with E-state index in [4.69, 9.17) is 0 Å². The molecular formula is C14H19N3OS. The summed E-state index contributed by atoms with van der Waals surface area (Å²) in [5.74, 6) is 1.66. The highest BCUT2D eigenvalue weighted by molar-refractivity contribution is 8.14. The maximum absolute atomic E-state index is 10.9. The van der Waals surface area contributed by atoms with Gasteiger partial charge in [-0.1, -0.05) is 18.7 Å². The predicted octanol–water partition coefficient (Wildman–Crippen LogP) is 3.18. The molecule has 19 heavy (non-hydrogen) atoms. The largest absolute Gasteiger partial charge is 0.335 e. The molecule has 2 atom stereocenters. The van der Waals surface area contributed by atoms with E-state index in [1.54, 1.807) is 11.8 Å². The average molecular weight is 277 g/mol. The molecule has 0 bridgehead atoms. The third-order valence-corrected chi connectivity index (χ3v) is 4.26. The summed E-state index contributed by atoms with van der Waals surface area (Å²) < 4.78 is 0. The maximum Gasteiger partial charge on any atom is 0.221 e. The molecule has 0 spiro atoms. The van der Waals surface area contributed by atoms with Gasteiger partial charge in [-0.25, -0.2) is 0 Å². The number of carbonyl (C=O) groups excluding carboxylic acids is 1. The number of hydrogen-bond acceptors (Lipinski definition) is 4. The molecule has 2 rings (SSSR count). The van der Waals surface area contributed by atoms with Crippen LogP contribution >= 0.6 is 11.8 Å². The van der Waals surface area contributed by atoms with Crippen LogP contribution in [0.4, 0.5) is 11.4 Å². The zero-order valence-electron chi connectivity index (χ0n) is 11.4. The third kappa shape index (κ3) is 3.99. The number of hydrogen-bond donors (Lipinski definition) is 2. The predicted molar refractivity (Wildman–Crippen MR) is 82.9 cm³/mol. The van der Waals surface area contributed by atoms with E-state index in [0.29, 0.717) is 12.0 Å². The molecule has 1 aliphatic rings. The van der Waals surface area contributed by atoms with Gasteiger partial charge in [-0.2, -0.15) is 0 Å². The molecule has 0 fully saturated rings. The molecule has 2 unspecified atom stereocenters. The van der Waals surface area contributed by atoms with Crippen molar-refractivity contribution in [2.24, 2.45) is 10.9 Å². The van der Waals surface area contributed by atoms with Crippen molar-refractivity contribution in [2.75, 3.05) is 16.4 Å². The van der Waals surface area contributed by atoms with Gasteiger partial charge in [0.2, 0.25) is 5.91 Å². The van der Waals surface area contributed by atoms with Crippen molar-refractivity contribution in [2.45, 2.75) is 26.8 Å². The third-order valence-electron chi connectivity index (χ3n) is 3.08. The first kappa shape index (κ1) is 13.9. The smallest absolute Gasteiger partial charge is 0.221 e. The highest BCUT2D eigenvalue weighted by atomic mass is 32.2. The fourth-order valence-electron chi connectivity index (χ4n) is 1.73. The Kier molecular flexibility index (Phi) is 4.47. The first-order valence-corrected chi connectivity index (χ1v) is 7.38. The molecule has 0 radical (unpaired) electrons. The van der Waals surface area contributed by atoms with Gasteiger partial charge < -0.3 is 10.6 Å². The zero-order valence-corrected chi connectivity index (χ0v) is 12.3. The topological polar surface area (TPSA) is 53.5 Å². The van der Waals surface area contributed by atoms with E-state index in [9.17, 15) is 4.79 Å². The van der Waals surface area contributed by atoms with Gasteiger partial charge in [0.05, 0.1) is 6.04 Å². The van der Waals surface area contributed by atoms with Crippen LogP contribution in [0.3, 0.4) is 0 Å². The fraction of sp³-hybridized carbons (Fsp3) is 0.429. The Hall–Kier alpha value is -1.49. The van der Waals surface area contributed by atoms with Gasteiger partial charge in [0.1, 0.15) is 0 Å². The highest BCUT2D eigenvalue weighted by Crippen LogP contribution is 2.24. The molecule has 1 aliphatic heterocycles. The maximum atomic E-state index is 10.9. The molecule has 1 amide bonds. The molecule has 0 saturated heterocycles. The van der Waals surface area contributed by atoms with Crippen molar-refractivity contribution in [3.63, 3.8) is 0 Å². The Morgan fingerprint density at radius 2 is 1.89 bits per heavy atom. The second-order valence-corrected chi connectivity index (χ2v) is 5.86. The summed E-state index contributed by atoms with van der Waals surface area (Å²) >= 11 is 1.75. The lowest BCUT2D eigenvalue weighted by atomic mass is 10.1. The van der Waals surface area contributed by atoms with Crippen LogP contribution < -0.4 is 10.6 Å². The van der Waals surface area contributed by atoms with Crippen molar-refractivity contribution in [3.8, 4) is 0 Å². The van der Waals surface area contributed by atoms with Gasteiger partial charge in [0.25, 0.3) is 0 Å². The number of amides is 1. The molecule has 0 aromatic heterocycles. The number of nitrogens with one attached hydrogen (secondary N) is 2. The second kappa shape index (κ2) is 6.10. The van der Waals surface area contributed by atoms with Gasteiger partial charge in [-0.15, -0.1) is 0 Å². The van der Waals surface area contributed by atoms with Gasteiger partial charge in [0, 0.05) is 24.1 Å². The van der Waals surface area contributed by atoms with Crippen LogP contribution in [0, 0.1) is 5.92 Å². The van der Waals surface area contributed by atoms with Crippen LogP contribution in [0.15, 0.2) is 29.3 Å². The summed E-state index contributed by atoms with van der Waals surface area (Å²) in [7, 11) is 0. The van der Waals surface area contributed by atoms with Crippen LogP contribution in [0.25, 0.3) is 0 Å². The van der Waals surface area contributed by atoms with Crippen molar-refractivity contribution in [1.29, 1.82) is 0 Å². The van der Waals surface area contributed by atoms with Crippen molar-refractivity contribution in [3.05, 3.63) is 24.3 Å². The van der Waals surface area contributed by atoms with Crippen LogP contribution in [0.1, 0.15) is 20.8 Å². The second-order valence-electron chi connectivity index (χ2n) is 4.85. The molecule has 0 saturated carbocycles. The monoisotopic (exact) mass is 277 g/mol. The first-order chi connectivity index (χ1) is 9.04. The summed E-state index contributed by atoms with van der Waals surface area (Å²) in [6, 6.07) is 8.00. The van der Waals surface area contributed by atoms with Crippen molar-refractivity contribution >= 4 is 34.2 Å². The summed E-state index contributed by atoms with van der Waals surface area (Å²) in [6.45, 7) is 5.87. The molecule has 4 nitrogen and oxygen atoms in total. The molecule has 102 valence electrons.